The molecule has 0 aliphatic carbocycles. The Labute approximate surface area is 327 Å². The van der Waals surface area contributed by atoms with Crippen molar-refractivity contribution in [1.29, 1.82) is 0 Å². The van der Waals surface area contributed by atoms with Gasteiger partial charge < -0.3 is 4.42 Å². The number of thiophene rings is 1. The number of hydrogen-bond donors (Lipinski definition) is 0. The first-order valence-corrected chi connectivity index (χ1v) is 20.0. The SMILES string of the molecule is c1ccc(-c2c3ccccc3c(-c3ccc4c(c3)oc3c5ccc(-c6c7ccccc7c(-c7ccccc7)c7ccccc67)cc5sc43)c3ccccc23)cc1. The minimum Gasteiger partial charge on any atom is -0.454 e. The number of hydrogen-bond acceptors (Lipinski definition) is 2. The highest BCUT2D eigenvalue weighted by Crippen LogP contribution is 2.48. The van der Waals surface area contributed by atoms with E-state index in [-0.39, 0.29) is 0 Å². The van der Waals surface area contributed by atoms with Crippen LogP contribution in [0.2, 0.25) is 0 Å². The summed E-state index contributed by atoms with van der Waals surface area (Å²) in [4.78, 5) is 0. The summed E-state index contributed by atoms with van der Waals surface area (Å²) in [6.07, 6.45) is 0. The molecule has 260 valence electrons. The van der Waals surface area contributed by atoms with Crippen molar-refractivity contribution in [2.24, 2.45) is 0 Å². The van der Waals surface area contributed by atoms with Crippen molar-refractivity contribution in [2.45, 2.75) is 0 Å². The van der Waals surface area contributed by atoms with Gasteiger partial charge in [0.1, 0.15) is 5.58 Å². The zero-order valence-electron chi connectivity index (χ0n) is 30.3. The Balaban J connectivity index is 1.03. The molecule has 0 fully saturated rings. The van der Waals surface area contributed by atoms with Crippen LogP contribution < -0.4 is 0 Å². The van der Waals surface area contributed by atoms with Gasteiger partial charge in [-0.2, -0.15) is 0 Å². The Morgan fingerprint density at radius 1 is 0.286 bits per heavy atom. The second kappa shape index (κ2) is 12.3. The average Bonchev–Trinajstić information content (AvgIpc) is 3.80. The fourth-order valence-electron chi connectivity index (χ4n) is 9.28. The summed E-state index contributed by atoms with van der Waals surface area (Å²) >= 11 is 1.83. The Kier molecular flexibility index (Phi) is 6.87. The van der Waals surface area contributed by atoms with Crippen LogP contribution in [0.3, 0.4) is 0 Å². The molecule has 0 aliphatic rings. The highest BCUT2D eigenvalue weighted by atomic mass is 32.1. The quantitative estimate of drug-likeness (QED) is 0.165. The monoisotopic (exact) mass is 728 g/mol. The molecule has 2 aromatic heterocycles. The molecule has 0 aliphatic heterocycles. The third-order valence-electron chi connectivity index (χ3n) is 11.6. The Morgan fingerprint density at radius 3 is 1.07 bits per heavy atom. The van der Waals surface area contributed by atoms with Gasteiger partial charge in [0, 0.05) is 15.5 Å². The number of furan rings is 1. The zero-order valence-corrected chi connectivity index (χ0v) is 31.1. The summed E-state index contributed by atoms with van der Waals surface area (Å²) < 4.78 is 9.27. The van der Waals surface area contributed by atoms with Gasteiger partial charge in [0.05, 0.1) is 4.70 Å². The van der Waals surface area contributed by atoms with E-state index in [1.807, 2.05) is 11.3 Å². The lowest BCUT2D eigenvalue weighted by Crippen LogP contribution is -1.90. The van der Waals surface area contributed by atoms with E-state index >= 15 is 0 Å². The molecular weight excluding hydrogens is 697 g/mol. The minimum atomic E-state index is 0.920. The number of fused-ring (bicyclic) bond motifs is 9. The van der Waals surface area contributed by atoms with Gasteiger partial charge in [0.25, 0.3) is 0 Å². The van der Waals surface area contributed by atoms with Gasteiger partial charge in [-0.1, -0.05) is 170 Å². The fourth-order valence-corrected chi connectivity index (χ4v) is 10.5. The van der Waals surface area contributed by atoms with E-state index in [0.29, 0.717) is 0 Å². The van der Waals surface area contributed by atoms with Gasteiger partial charge >= 0.3 is 0 Å². The number of benzene rings is 10. The zero-order chi connectivity index (χ0) is 36.7. The van der Waals surface area contributed by atoms with Gasteiger partial charge in [-0.15, -0.1) is 11.3 Å². The molecule has 10 aromatic carbocycles. The van der Waals surface area contributed by atoms with Crippen molar-refractivity contribution in [2.75, 3.05) is 0 Å². The van der Waals surface area contributed by atoms with E-state index < -0.39 is 0 Å². The van der Waals surface area contributed by atoms with E-state index in [0.717, 1.165) is 27.5 Å². The molecule has 0 amide bonds. The smallest absolute Gasteiger partial charge is 0.154 e. The molecule has 56 heavy (non-hydrogen) atoms. The topological polar surface area (TPSA) is 13.1 Å². The van der Waals surface area contributed by atoms with Crippen molar-refractivity contribution in [3.05, 3.63) is 194 Å². The van der Waals surface area contributed by atoms with E-state index in [4.69, 9.17) is 4.42 Å². The molecule has 0 bridgehead atoms. The lowest BCUT2D eigenvalue weighted by atomic mass is 9.86. The van der Waals surface area contributed by atoms with E-state index in [1.165, 1.54) is 91.4 Å². The van der Waals surface area contributed by atoms with Crippen LogP contribution in [0.5, 0.6) is 0 Å². The molecule has 0 saturated heterocycles. The molecule has 0 spiro atoms. The standard InChI is InChI=1S/C54H32OS/c1-3-15-33(16-4-1)49-37-19-7-11-23-41(37)51(42-24-12-8-20-38(42)49)35-27-29-45-47(31-35)55-53-46-30-28-36(32-48(46)56-54(45)53)52-43-25-13-9-21-39(43)50(34-17-5-2-6-18-34)40-22-10-14-26-44(40)52/h1-32H. The van der Waals surface area contributed by atoms with E-state index in [1.54, 1.807) is 0 Å². The Hall–Kier alpha value is -7.00. The van der Waals surface area contributed by atoms with Crippen molar-refractivity contribution in [3.63, 3.8) is 0 Å². The normalized spacial score (nSPS) is 11.9. The maximum absolute atomic E-state index is 6.85. The van der Waals surface area contributed by atoms with E-state index in [9.17, 15) is 0 Å². The average molecular weight is 729 g/mol. The van der Waals surface area contributed by atoms with Crippen LogP contribution in [0, 0.1) is 0 Å². The molecule has 12 rings (SSSR count). The third-order valence-corrected chi connectivity index (χ3v) is 12.8. The van der Waals surface area contributed by atoms with Crippen molar-refractivity contribution in [3.8, 4) is 44.5 Å². The van der Waals surface area contributed by atoms with Crippen molar-refractivity contribution in [1.82, 2.24) is 0 Å². The van der Waals surface area contributed by atoms with Gasteiger partial charge in [-0.25, -0.2) is 0 Å². The van der Waals surface area contributed by atoms with Crippen LogP contribution in [0.4, 0.5) is 0 Å². The van der Waals surface area contributed by atoms with Crippen molar-refractivity contribution < 1.29 is 4.42 Å². The fraction of sp³-hybridized carbons (Fsp3) is 0. The van der Waals surface area contributed by atoms with Gasteiger partial charge in [-0.05, 0) is 112 Å². The second-order valence-corrected chi connectivity index (χ2v) is 15.8. The maximum Gasteiger partial charge on any atom is 0.154 e. The third kappa shape index (κ3) is 4.60. The summed E-state index contributed by atoms with van der Waals surface area (Å²) in [7, 11) is 0. The number of rotatable bonds is 4. The summed E-state index contributed by atoms with van der Waals surface area (Å²) in [5.74, 6) is 0. The summed E-state index contributed by atoms with van der Waals surface area (Å²) in [5.41, 5.74) is 11.8. The molecule has 2 heteroatoms. The highest BCUT2D eigenvalue weighted by Gasteiger charge is 2.21. The first-order valence-electron chi connectivity index (χ1n) is 19.2. The second-order valence-electron chi connectivity index (χ2n) is 14.7. The molecule has 0 atom stereocenters. The van der Waals surface area contributed by atoms with Crippen molar-refractivity contribution >= 4 is 85.8 Å². The maximum atomic E-state index is 6.85. The van der Waals surface area contributed by atoms with Gasteiger partial charge in [-0.3, -0.25) is 0 Å². The molecule has 2 heterocycles. The van der Waals surface area contributed by atoms with Crippen LogP contribution in [-0.4, -0.2) is 0 Å². The lowest BCUT2D eigenvalue weighted by Gasteiger charge is -2.17. The molecule has 0 N–H and O–H groups in total. The van der Waals surface area contributed by atoms with Crippen LogP contribution in [0.15, 0.2) is 199 Å². The van der Waals surface area contributed by atoms with E-state index in [2.05, 4.69) is 194 Å². The summed E-state index contributed by atoms with van der Waals surface area (Å²) in [6.45, 7) is 0. The summed E-state index contributed by atoms with van der Waals surface area (Å²) in [5, 5.41) is 12.4. The molecule has 0 unspecified atom stereocenters. The molecular formula is C54H32OS. The minimum absolute atomic E-state index is 0.920. The van der Waals surface area contributed by atoms with Gasteiger partial charge in [0.2, 0.25) is 0 Å². The highest BCUT2D eigenvalue weighted by molar-refractivity contribution is 7.26. The van der Waals surface area contributed by atoms with Crippen LogP contribution in [0.25, 0.3) is 119 Å². The van der Waals surface area contributed by atoms with Crippen LogP contribution in [0.1, 0.15) is 0 Å². The van der Waals surface area contributed by atoms with Crippen LogP contribution in [-0.2, 0) is 0 Å². The predicted octanol–water partition coefficient (Wildman–Crippen LogP) is 16.1. The Bertz CT molecular complexity index is 3170. The first kappa shape index (κ1) is 31.4. The summed E-state index contributed by atoms with van der Waals surface area (Å²) in [6, 6.07) is 70.7. The lowest BCUT2D eigenvalue weighted by molar-refractivity contribution is 0.673. The first-order chi connectivity index (χ1) is 27.8. The predicted molar refractivity (Wildman–Crippen MR) is 241 cm³/mol. The molecule has 0 radical (unpaired) electrons. The van der Waals surface area contributed by atoms with Gasteiger partial charge in [0.15, 0.2) is 5.58 Å². The molecule has 1 nitrogen and oxygen atoms in total. The van der Waals surface area contributed by atoms with Crippen LogP contribution >= 0.6 is 11.3 Å². The largest absolute Gasteiger partial charge is 0.454 e. The molecule has 0 saturated carbocycles. The molecule has 12 aromatic rings. The Morgan fingerprint density at radius 2 is 0.643 bits per heavy atom.